The van der Waals surface area contributed by atoms with Crippen molar-refractivity contribution in [3.63, 3.8) is 0 Å². The first-order valence-electron chi connectivity index (χ1n) is 7.47. The second-order valence-corrected chi connectivity index (χ2v) is 6.47. The molecule has 25 heavy (non-hydrogen) atoms. The molecule has 0 aromatic heterocycles. The molecule has 5 nitrogen and oxygen atoms in total. The second kappa shape index (κ2) is 7.52. The van der Waals surface area contributed by atoms with Crippen molar-refractivity contribution in [3.05, 3.63) is 69.3 Å². The third kappa shape index (κ3) is 3.90. The van der Waals surface area contributed by atoms with E-state index < -0.39 is 0 Å². The highest BCUT2D eigenvalue weighted by Crippen LogP contribution is 2.26. The van der Waals surface area contributed by atoms with E-state index in [0.717, 1.165) is 16.3 Å². The van der Waals surface area contributed by atoms with Crippen LogP contribution in [0.25, 0.3) is 10.8 Å². The number of hydrogen-bond acceptors (Lipinski definition) is 4. The van der Waals surface area contributed by atoms with E-state index in [-0.39, 0.29) is 11.7 Å². The highest BCUT2D eigenvalue weighted by molar-refractivity contribution is 14.1. The lowest BCUT2D eigenvalue weighted by Gasteiger charge is -2.09. The molecule has 126 valence electrons. The van der Waals surface area contributed by atoms with Crippen LogP contribution in [0.1, 0.15) is 15.9 Å². The largest absolute Gasteiger partial charge is 0.507 e. The molecule has 3 aromatic rings. The van der Waals surface area contributed by atoms with Crippen LogP contribution in [-0.4, -0.2) is 24.3 Å². The van der Waals surface area contributed by atoms with Gasteiger partial charge >= 0.3 is 0 Å². The van der Waals surface area contributed by atoms with Crippen molar-refractivity contribution in [1.29, 1.82) is 0 Å². The molecule has 0 spiro atoms. The number of nitrogens with one attached hydrogen (secondary N) is 1. The zero-order valence-corrected chi connectivity index (χ0v) is 15.5. The zero-order valence-electron chi connectivity index (χ0n) is 13.4. The maximum absolute atomic E-state index is 12.4. The van der Waals surface area contributed by atoms with Crippen molar-refractivity contribution in [2.24, 2.45) is 5.10 Å². The van der Waals surface area contributed by atoms with Crippen LogP contribution >= 0.6 is 22.6 Å². The van der Waals surface area contributed by atoms with Crippen LogP contribution in [0.2, 0.25) is 0 Å². The number of halogens is 1. The Kier molecular flexibility index (Phi) is 5.18. The van der Waals surface area contributed by atoms with Gasteiger partial charge in [0.25, 0.3) is 5.91 Å². The van der Waals surface area contributed by atoms with Gasteiger partial charge in [-0.15, -0.1) is 0 Å². The van der Waals surface area contributed by atoms with Crippen molar-refractivity contribution in [1.82, 2.24) is 5.43 Å². The summed E-state index contributed by atoms with van der Waals surface area (Å²) in [4.78, 5) is 12.4. The van der Waals surface area contributed by atoms with Gasteiger partial charge in [0.1, 0.15) is 11.5 Å². The summed E-state index contributed by atoms with van der Waals surface area (Å²) in [5.74, 6) is 0.348. The SMILES string of the molecule is COc1cc2ccccc2cc1C(=O)N/N=C/c1ccc(O)c(I)c1. The molecule has 2 N–H and O–H groups in total. The number of benzene rings is 3. The van der Waals surface area contributed by atoms with E-state index in [1.54, 1.807) is 24.3 Å². The van der Waals surface area contributed by atoms with Gasteiger partial charge in [-0.3, -0.25) is 4.79 Å². The molecule has 3 rings (SSSR count). The lowest BCUT2D eigenvalue weighted by Crippen LogP contribution is -2.18. The summed E-state index contributed by atoms with van der Waals surface area (Å²) >= 11 is 2.03. The third-order valence-corrected chi connectivity index (χ3v) is 4.53. The number of carbonyl (C=O) groups is 1. The van der Waals surface area contributed by atoms with Crippen LogP contribution < -0.4 is 10.2 Å². The monoisotopic (exact) mass is 446 g/mol. The smallest absolute Gasteiger partial charge is 0.275 e. The zero-order chi connectivity index (χ0) is 17.8. The number of aromatic hydroxyl groups is 1. The highest BCUT2D eigenvalue weighted by atomic mass is 127. The third-order valence-electron chi connectivity index (χ3n) is 3.66. The molecule has 0 saturated heterocycles. The predicted molar refractivity (Wildman–Crippen MR) is 106 cm³/mol. The van der Waals surface area contributed by atoms with Crippen molar-refractivity contribution >= 4 is 45.5 Å². The fourth-order valence-corrected chi connectivity index (χ4v) is 2.93. The number of carbonyl (C=O) groups excluding carboxylic acids is 1. The fourth-order valence-electron chi connectivity index (χ4n) is 2.39. The molecular weight excluding hydrogens is 431 g/mol. The molecule has 0 fully saturated rings. The Morgan fingerprint density at radius 3 is 2.56 bits per heavy atom. The fraction of sp³-hybridized carbons (Fsp3) is 0.0526. The van der Waals surface area contributed by atoms with E-state index in [2.05, 4.69) is 10.5 Å². The molecular formula is C19H15IN2O3. The summed E-state index contributed by atoms with van der Waals surface area (Å²) in [7, 11) is 1.53. The van der Waals surface area contributed by atoms with Gasteiger partial charge in [-0.2, -0.15) is 5.10 Å². The van der Waals surface area contributed by atoms with Crippen molar-refractivity contribution < 1.29 is 14.6 Å². The topological polar surface area (TPSA) is 70.9 Å². The molecule has 0 aliphatic carbocycles. The number of ether oxygens (including phenoxy) is 1. The number of amides is 1. The van der Waals surface area contributed by atoms with Crippen LogP contribution in [0.4, 0.5) is 0 Å². The van der Waals surface area contributed by atoms with Gasteiger partial charge in [0, 0.05) is 0 Å². The van der Waals surface area contributed by atoms with Gasteiger partial charge in [0.15, 0.2) is 0 Å². The maximum atomic E-state index is 12.4. The molecule has 6 heteroatoms. The van der Waals surface area contributed by atoms with Crippen LogP contribution in [0.15, 0.2) is 59.7 Å². The van der Waals surface area contributed by atoms with Crippen molar-refractivity contribution in [3.8, 4) is 11.5 Å². The van der Waals surface area contributed by atoms with E-state index in [9.17, 15) is 9.90 Å². The Morgan fingerprint density at radius 1 is 1.16 bits per heavy atom. The first-order valence-corrected chi connectivity index (χ1v) is 8.55. The maximum Gasteiger partial charge on any atom is 0.275 e. The van der Waals surface area contributed by atoms with Crippen LogP contribution in [0.5, 0.6) is 11.5 Å². The number of nitrogens with zero attached hydrogens (tertiary/aromatic N) is 1. The lowest BCUT2D eigenvalue weighted by molar-refractivity contribution is 0.0952. The van der Waals surface area contributed by atoms with E-state index in [0.29, 0.717) is 14.9 Å². The van der Waals surface area contributed by atoms with Crippen LogP contribution in [0, 0.1) is 3.57 Å². The van der Waals surface area contributed by atoms with Gasteiger partial charge < -0.3 is 9.84 Å². The van der Waals surface area contributed by atoms with Gasteiger partial charge in [-0.25, -0.2) is 5.43 Å². The Hall–Kier alpha value is -2.61. The first kappa shape index (κ1) is 17.2. The van der Waals surface area contributed by atoms with E-state index in [1.807, 2.05) is 52.9 Å². The minimum Gasteiger partial charge on any atom is -0.507 e. The summed E-state index contributed by atoms with van der Waals surface area (Å²) < 4.78 is 6.04. The Balaban J connectivity index is 1.81. The molecule has 0 bridgehead atoms. The summed E-state index contributed by atoms with van der Waals surface area (Å²) in [6, 6.07) is 16.4. The first-order chi connectivity index (χ1) is 12.1. The van der Waals surface area contributed by atoms with Crippen LogP contribution in [0.3, 0.4) is 0 Å². The Morgan fingerprint density at radius 2 is 1.88 bits per heavy atom. The molecule has 0 saturated carbocycles. The molecule has 0 radical (unpaired) electrons. The molecule has 0 heterocycles. The summed E-state index contributed by atoms with van der Waals surface area (Å²) in [6.45, 7) is 0. The van der Waals surface area contributed by atoms with Gasteiger partial charge in [0.2, 0.25) is 0 Å². The Bertz CT molecular complexity index is 970. The molecule has 0 aliphatic rings. The number of hydrazone groups is 1. The van der Waals surface area contributed by atoms with Crippen LogP contribution in [-0.2, 0) is 0 Å². The van der Waals surface area contributed by atoms with Gasteiger partial charge in [-0.05, 0) is 69.3 Å². The normalized spacial score (nSPS) is 11.0. The molecule has 1 amide bonds. The predicted octanol–water partition coefficient (Wildman–Crippen LogP) is 3.92. The van der Waals surface area contributed by atoms with E-state index in [1.165, 1.54) is 13.3 Å². The van der Waals surface area contributed by atoms with Gasteiger partial charge in [-0.1, -0.05) is 24.3 Å². The highest BCUT2D eigenvalue weighted by Gasteiger charge is 2.13. The summed E-state index contributed by atoms with van der Waals surface area (Å²) in [5, 5.41) is 15.4. The second-order valence-electron chi connectivity index (χ2n) is 5.31. The number of rotatable bonds is 4. The Labute approximate surface area is 158 Å². The minimum absolute atomic E-state index is 0.211. The van der Waals surface area contributed by atoms with E-state index in [4.69, 9.17) is 4.74 Å². The summed E-state index contributed by atoms with van der Waals surface area (Å²) in [6.07, 6.45) is 1.52. The average Bonchev–Trinajstić information content (AvgIpc) is 2.63. The van der Waals surface area contributed by atoms with Crippen molar-refractivity contribution in [2.45, 2.75) is 0 Å². The molecule has 0 atom stereocenters. The van der Waals surface area contributed by atoms with E-state index >= 15 is 0 Å². The molecule has 3 aromatic carbocycles. The van der Waals surface area contributed by atoms with Crippen molar-refractivity contribution in [2.75, 3.05) is 7.11 Å². The van der Waals surface area contributed by atoms with Gasteiger partial charge in [0.05, 0.1) is 22.5 Å². The number of methoxy groups -OCH3 is 1. The molecule has 0 unspecified atom stereocenters. The standard InChI is InChI=1S/C19H15IN2O3/c1-25-18-10-14-5-3-2-4-13(14)9-15(18)19(24)22-21-11-12-6-7-17(23)16(20)8-12/h2-11,23H,1H3,(H,22,24)/b21-11+. The quantitative estimate of drug-likeness (QED) is 0.363. The number of phenolic OH excluding ortho intramolecular Hbond substituents is 1. The number of hydrogen-bond donors (Lipinski definition) is 2. The minimum atomic E-state index is -0.354. The lowest BCUT2D eigenvalue weighted by atomic mass is 10.1. The number of phenols is 1. The summed E-state index contributed by atoms with van der Waals surface area (Å²) in [5.41, 5.74) is 3.69. The number of fused-ring (bicyclic) bond motifs is 1. The molecule has 0 aliphatic heterocycles. The average molecular weight is 446 g/mol.